The van der Waals surface area contributed by atoms with Crippen LogP contribution in [0.2, 0.25) is 0 Å². The van der Waals surface area contributed by atoms with Crippen molar-refractivity contribution in [3.63, 3.8) is 0 Å². The fraction of sp³-hybridized carbons (Fsp3) is 0.375. The Hall–Kier alpha value is -1.16. The van der Waals surface area contributed by atoms with Crippen LogP contribution < -0.4 is 5.73 Å². The molecule has 0 bridgehead atoms. The first-order chi connectivity index (χ1) is 5.60. The molecular formula is C8H10FNO2. The van der Waals surface area contributed by atoms with E-state index in [-0.39, 0.29) is 0 Å². The van der Waals surface area contributed by atoms with Crippen molar-refractivity contribution in [1.29, 1.82) is 0 Å². The fourth-order valence-electron chi connectivity index (χ4n) is 1.08. The molecule has 0 aliphatic heterocycles. The second-order valence-corrected chi connectivity index (χ2v) is 2.53. The van der Waals surface area contributed by atoms with Crippen LogP contribution in [0.5, 0.6) is 0 Å². The van der Waals surface area contributed by atoms with Gasteiger partial charge in [0.1, 0.15) is 5.92 Å². The van der Waals surface area contributed by atoms with Crippen molar-refractivity contribution >= 4 is 5.91 Å². The smallest absolute Gasteiger partial charge is 0.243 e. The third-order valence-electron chi connectivity index (χ3n) is 1.78. The summed E-state index contributed by atoms with van der Waals surface area (Å²) < 4.78 is 18.1. The minimum absolute atomic E-state index is 0.736. The van der Waals surface area contributed by atoms with E-state index in [1.54, 1.807) is 6.08 Å². The normalized spacial score (nSPS) is 33.7. The number of hydrogen-bond donors (Lipinski definition) is 1. The number of hydrogen-bond acceptors (Lipinski definition) is 2. The van der Waals surface area contributed by atoms with Crippen LogP contribution in [-0.4, -0.2) is 18.9 Å². The lowest BCUT2D eigenvalue weighted by Crippen LogP contribution is -2.41. The lowest BCUT2D eigenvalue weighted by Gasteiger charge is -2.26. The van der Waals surface area contributed by atoms with Crippen molar-refractivity contribution in [2.45, 2.75) is 5.85 Å². The van der Waals surface area contributed by atoms with E-state index in [1.165, 1.54) is 25.3 Å². The number of ether oxygens (including phenoxy) is 1. The Balaban J connectivity index is 2.92. The van der Waals surface area contributed by atoms with Crippen molar-refractivity contribution in [2.24, 2.45) is 11.7 Å². The van der Waals surface area contributed by atoms with E-state index in [1.807, 2.05) is 0 Å². The molecule has 66 valence electrons. The van der Waals surface area contributed by atoms with Crippen LogP contribution in [0.4, 0.5) is 4.39 Å². The van der Waals surface area contributed by atoms with Gasteiger partial charge in [0.05, 0.1) is 0 Å². The molecule has 0 saturated heterocycles. The van der Waals surface area contributed by atoms with Gasteiger partial charge < -0.3 is 10.5 Å². The maximum absolute atomic E-state index is 13.6. The van der Waals surface area contributed by atoms with Crippen LogP contribution in [0.15, 0.2) is 24.3 Å². The van der Waals surface area contributed by atoms with E-state index in [0.29, 0.717) is 0 Å². The number of carbonyl (C=O) groups is 1. The highest BCUT2D eigenvalue weighted by Crippen LogP contribution is 2.28. The maximum atomic E-state index is 13.6. The summed E-state index contributed by atoms with van der Waals surface area (Å²) in [5, 5.41) is 0. The van der Waals surface area contributed by atoms with Crippen molar-refractivity contribution in [3.8, 4) is 0 Å². The molecule has 1 aliphatic rings. The van der Waals surface area contributed by atoms with Gasteiger partial charge in [-0.3, -0.25) is 4.79 Å². The van der Waals surface area contributed by atoms with Gasteiger partial charge in [0.15, 0.2) is 0 Å². The number of nitrogens with two attached hydrogens (primary N) is 1. The largest absolute Gasteiger partial charge is 0.369 e. The molecule has 0 aromatic rings. The Kier molecular flexibility index (Phi) is 2.28. The number of amides is 1. The van der Waals surface area contributed by atoms with E-state index in [0.717, 1.165) is 0 Å². The summed E-state index contributed by atoms with van der Waals surface area (Å²) in [7, 11) is 1.19. The Labute approximate surface area is 69.7 Å². The molecule has 0 radical (unpaired) electrons. The summed E-state index contributed by atoms with van der Waals surface area (Å²) in [6.07, 6.45) is 5.59. The van der Waals surface area contributed by atoms with Gasteiger partial charge in [-0.05, 0) is 6.08 Å². The number of halogens is 1. The van der Waals surface area contributed by atoms with Crippen LogP contribution in [0.1, 0.15) is 0 Å². The first-order valence-corrected chi connectivity index (χ1v) is 3.49. The molecule has 0 aromatic carbocycles. The van der Waals surface area contributed by atoms with E-state index in [4.69, 9.17) is 5.73 Å². The summed E-state index contributed by atoms with van der Waals surface area (Å²) in [6, 6.07) is 0. The summed E-state index contributed by atoms with van der Waals surface area (Å²) in [4.78, 5) is 10.7. The lowest BCUT2D eigenvalue weighted by molar-refractivity contribution is -0.144. The van der Waals surface area contributed by atoms with Crippen molar-refractivity contribution in [1.82, 2.24) is 0 Å². The van der Waals surface area contributed by atoms with Crippen molar-refractivity contribution in [3.05, 3.63) is 24.3 Å². The third-order valence-corrected chi connectivity index (χ3v) is 1.78. The highest BCUT2D eigenvalue weighted by Gasteiger charge is 2.40. The van der Waals surface area contributed by atoms with Gasteiger partial charge in [0.25, 0.3) is 0 Å². The minimum atomic E-state index is -2.08. The average Bonchev–Trinajstić information content (AvgIpc) is 2.05. The quantitative estimate of drug-likeness (QED) is 0.658. The number of primary amides is 1. The van der Waals surface area contributed by atoms with Gasteiger partial charge in [0, 0.05) is 7.11 Å². The monoisotopic (exact) mass is 171 g/mol. The number of allylic oxidation sites excluding steroid dienone is 2. The van der Waals surface area contributed by atoms with E-state index < -0.39 is 17.7 Å². The molecule has 2 atom stereocenters. The standard InChI is InChI=1S/C8H10FNO2/c1-12-8(9)5-3-2-4-6(8)7(10)11/h2-6H,1H3,(H2,10,11). The van der Waals surface area contributed by atoms with Crippen LogP contribution in [0.25, 0.3) is 0 Å². The van der Waals surface area contributed by atoms with Crippen LogP contribution in [-0.2, 0) is 9.53 Å². The summed E-state index contributed by atoms with van der Waals surface area (Å²) in [5.74, 6) is -3.85. The SMILES string of the molecule is COC1(F)C=CC=CC1C(N)=O. The maximum Gasteiger partial charge on any atom is 0.243 e. The molecule has 1 aliphatic carbocycles. The van der Waals surface area contributed by atoms with Crippen LogP contribution in [0, 0.1) is 5.92 Å². The molecule has 0 fully saturated rings. The van der Waals surface area contributed by atoms with Crippen molar-refractivity contribution < 1.29 is 13.9 Å². The molecule has 0 spiro atoms. The molecule has 0 heterocycles. The Morgan fingerprint density at radius 2 is 2.33 bits per heavy atom. The molecule has 0 saturated carbocycles. The predicted octanol–water partition coefficient (Wildman–Crippen LogP) is 0.526. The fourth-order valence-corrected chi connectivity index (χ4v) is 1.08. The number of carbonyl (C=O) groups excluding carboxylic acids is 1. The molecule has 4 heteroatoms. The second-order valence-electron chi connectivity index (χ2n) is 2.53. The molecule has 2 N–H and O–H groups in total. The lowest BCUT2D eigenvalue weighted by atomic mass is 9.94. The summed E-state index contributed by atoms with van der Waals surface area (Å²) in [5.41, 5.74) is 4.97. The number of methoxy groups -OCH3 is 1. The Morgan fingerprint density at radius 1 is 1.67 bits per heavy atom. The molecule has 3 nitrogen and oxygen atoms in total. The average molecular weight is 171 g/mol. The van der Waals surface area contributed by atoms with Gasteiger partial charge in [-0.15, -0.1) is 0 Å². The first-order valence-electron chi connectivity index (χ1n) is 3.49. The van der Waals surface area contributed by atoms with E-state index in [9.17, 15) is 9.18 Å². The minimum Gasteiger partial charge on any atom is -0.369 e. The molecule has 1 amide bonds. The topological polar surface area (TPSA) is 52.3 Å². The summed E-state index contributed by atoms with van der Waals surface area (Å²) >= 11 is 0. The van der Waals surface area contributed by atoms with Crippen molar-refractivity contribution in [2.75, 3.05) is 7.11 Å². The zero-order valence-corrected chi connectivity index (χ0v) is 6.66. The molecule has 2 unspecified atom stereocenters. The van der Waals surface area contributed by atoms with Gasteiger partial charge in [-0.1, -0.05) is 18.2 Å². The predicted molar refractivity (Wildman–Crippen MR) is 41.8 cm³/mol. The zero-order valence-electron chi connectivity index (χ0n) is 6.66. The molecular weight excluding hydrogens is 161 g/mol. The van der Waals surface area contributed by atoms with E-state index >= 15 is 0 Å². The van der Waals surface area contributed by atoms with Crippen LogP contribution in [0.3, 0.4) is 0 Å². The number of rotatable bonds is 2. The second kappa shape index (κ2) is 3.06. The van der Waals surface area contributed by atoms with Gasteiger partial charge >= 0.3 is 0 Å². The molecule has 1 rings (SSSR count). The highest BCUT2D eigenvalue weighted by atomic mass is 19.2. The molecule has 12 heavy (non-hydrogen) atoms. The molecule has 0 aromatic heterocycles. The van der Waals surface area contributed by atoms with E-state index in [2.05, 4.69) is 4.74 Å². The number of alkyl halides is 1. The van der Waals surface area contributed by atoms with Crippen LogP contribution >= 0.6 is 0 Å². The Morgan fingerprint density at radius 3 is 2.75 bits per heavy atom. The van der Waals surface area contributed by atoms with Gasteiger partial charge in [0.2, 0.25) is 11.8 Å². The zero-order chi connectivity index (χ0) is 9.19. The highest BCUT2D eigenvalue weighted by molar-refractivity contribution is 5.80. The third kappa shape index (κ3) is 1.38. The first kappa shape index (κ1) is 8.93. The summed E-state index contributed by atoms with van der Waals surface area (Å²) in [6.45, 7) is 0. The van der Waals surface area contributed by atoms with Gasteiger partial charge in [-0.2, -0.15) is 0 Å². The Bertz CT molecular complexity index is 249. The van der Waals surface area contributed by atoms with Gasteiger partial charge in [-0.25, -0.2) is 4.39 Å².